The van der Waals surface area contributed by atoms with E-state index in [9.17, 15) is 13.2 Å². The molecule has 3 heterocycles. The first kappa shape index (κ1) is 23.9. The van der Waals surface area contributed by atoms with Crippen molar-refractivity contribution in [3.8, 4) is 11.8 Å². The van der Waals surface area contributed by atoms with E-state index < -0.39 is 11.7 Å². The number of alkyl halides is 3. The fraction of sp³-hybridized carbons (Fsp3) is 0.259. The molecule has 1 fully saturated rings. The third kappa shape index (κ3) is 5.67. The zero-order valence-electron chi connectivity index (χ0n) is 19.7. The molecule has 4 aromatic rings. The van der Waals surface area contributed by atoms with E-state index in [1.807, 2.05) is 25.2 Å². The fourth-order valence-electron chi connectivity index (χ4n) is 4.16. The number of halogens is 3. The number of H-pyrrole nitrogens is 1. The summed E-state index contributed by atoms with van der Waals surface area (Å²) in [5.41, 5.74) is 3.03. The summed E-state index contributed by atoms with van der Waals surface area (Å²) in [5.74, 6) is 6.15. The molecule has 2 aromatic carbocycles. The summed E-state index contributed by atoms with van der Waals surface area (Å²) < 4.78 is 41.5. The molecular weight excluding hydrogens is 465 g/mol. The zero-order chi connectivity index (χ0) is 25.1. The third-order valence-electron chi connectivity index (χ3n) is 6.22. The third-order valence-corrected chi connectivity index (χ3v) is 6.22. The minimum absolute atomic E-state index is 0.291. The molecule has 2 aromatic heterocycles. The lowest BCUT2D eigenvalue weighted by atomic mass is 10.0. The van der Waals surface area contributed by atoms with Gasteiger partial charge in [0.2, 0.25) is 0 Å². The van der Waals surface area contributed by atoms with Crippen LogP contribution in [0.15, 0.2) is 60.9 Å². The summed E-state index contributed by atoms with van der Waals surface area (Å²) in [6.45, 7) is 3.53. The van der Waals surface area contributed by atoms with Crippen molar-refractivity contribution in [3.05, 3.63) is 83.2 Å². The van der Waals surface area contributed by atoms with Gasteiger partial charge in [-0.05, 0) is 55.1 Å². The number of nitrogens with one attached hydrogen (secondary N) is 2. The average Bonchev–Trinajstić information content (AvgIpc) is 3.33. The lowest BCUT2D eigenvalue weighted by Gasteiger charge is -2.33. The van der Waals surface area contributed by atoms with E-state index in [1.54, 1.807) is 36.7 Å². The Kier molecular flexibility index (Phi) is 6.63. The Morgan fingerprint density at radius 3 is 2.39 bits per heavy atom. The summed E-state index contributed by atoms with van der Waals surface area (Å²) in [6, 6.07) is 13.6. The molecule has 1 aliphatic heterocycles. The van der Waals surface area contributed by atoms with Crippen LogP contribution in [0.25, 0.3) is 11.0 Å². The van der Waals surface area contributed by atoms with Gasteiger partial charge >= 0.3 is 6.18 Å². The highest BCUT2D eigenvalue weighted by Crippen LogP contribution is 2.35. The quantitative estimate of drug-likeness (QED) is 0.400. The Bertz CT molecular complexity index is 1410. The maximum absolute atomic E-state index is 13.8. The SMILES string of the molecule is CN1CCN(Cc2ccc(Nc3ccc(C#Cc4cnc5[nH]ncc5c4)cc3)cc2C(F)(F)F)CC1. The van der Waals surface area contributed by atoms with Gasteiger partial charge in [0.25, 0.3) is 0 Å². The molecule has 2 N–H and O–H groups in total. The summed E-state index contributed by atoms with van der Waals surface area (Å²) in [4.78, 5) is 8.52. The monoisotopic (exact) mass is 490 g/mol. The van der Waals surface area contributed by atoms with Crippen LogP contribution in [0, 0.1) is 11.8 Å². The van der Waals surface area contributed by atoms with Crippen molar-refractivity contribution < 1.29 is 13.2 Å². The number of anilines is 2. The molecule has 0 aliphatic carbocycles. The van der Waals surface area contributed by atoms with E-state index in [0.717, 1.165) is 42.7 Å². The van der Waals surface area contributed by atoms with Gasteiger partial charge in [-0.1, -0.05) is 17.9 Å². The van der Waals surface area contributed by atoms with E-state index in [-0.39, 0.29) is 0 Å². The van der Waals surface area contributed by atoms with Gasteiger partial charge in [0.05, 0.1) is 11.8 Å². The molecule has 1 saturated heterocycles. The number of benzene rings is 2. The summed E-state index contributed by atoms with van der Waals surface area (Å²) >= 11 is 0. The summed E-state index contributed by atoms with van der Waals surface area (Å²) in [6.07, 6.45) is -1.06. The molecular formula is C27H25F3N6. The predicted molar refractivity (Wildman–Crippen MR) is 134 cm³/mol. The minimum Gasteiger partial charge on any atom is -0.356 e. The Balaban J connectivity index is 1.28. The minimum atomic E-state index is -4.42. The molecule has 5 rings (SSSR count). The molecule has 1 aliphatic rings. The average molecular weight is 491 g/mol. The first-order valence-corrected chi connectivity index (χ1v) is 11.6. The van der Waals surface area contributed by atoms with Gasteiger partial charge in [-0.3, -0.25) is 10.00 Å². The van der Waals surface area contributed by atoms with E-state index in [4.69, 9.17) is 0 Å². The molecule has 0 saturated carbocycles. The molecule has 184 valence electrons. The molecule has 0 amide bonds. The number of rotatable bonds is 4. The number of hydrogen-bond acceptors (Lipinski definition) is 5. The van der Waals surface area contributed by atoms with Gasteiger partial charge < -0.3 is 10.2 Å². The van der Waals surface area contributed by atoms with Crippen LogP contribution < -0.4 is 5.32 Å². The Morgan fingerprint density at radius 2 is 1.64 bits per heavy atom. The second kappa shape index (κ2) is 10.0. The first-order chi connectivity index (χ1) is 17.3. The second-order valence-electron chi connectivity index (χ2n) is 8.93. The number of nitrogens with zero attached hydrogens (tertiary/aromatic N) is 4. The van der Waals surface area contributed by atoms with Gasteiger partial charge in [-0.25, -0.2) is 4.98 Å². The van der Waals surface area contributed by atoms with E-state index in [2.05, 4.69) is 42.1 Å². The largest absolute Gasteiger partial charge is 0.416 e. The highest BCUT2D eigenvalue weighted by atomic mass is 19.4. The predicted octanol–water partition coefficient (Wildman–Crippen LogP) is 4.87. The van der Waals surface area contributed by atoms with Gasteiger partial charge in [0.15, 0.2) is 5.65 Å². The summed E-state index contributed by atoms with van der Waals surface area (Å²) in [5, 5.41) is 10.7. The molecule has 0 unspecified atom stereocenters. The Hall–Kier alpha value is -3.87. The van der Waals surface area contributed by atoms with Crippen molar-refractivity contribution >= 4 is 22.4 Å². The van der Waals surface area contributed by atoms with Gasteiger partial charge in [-0.2, -0.15) is 18.3 Å². The Labute approximate surface area is 207 Å². The van der Waals surface area contributed by atoms with Crippen LogP contribution in [0.2, 0.25) is 0 Å². The smallest absolute Gasteiger partial charge is 0.356 e. The van der Waals surface area contributed by atoms with Crippen LogP contribution in [-0.4, -0.2) is 58.2 Å². The number of piperazine rings is 1. The van der Waals surface area contributed by atoms with Crippen LogP contribution >= 0.6 is 0 Å². The molecule has 9 heteroatoms. The maximum Gasteiger partial charge on any atom is 0.416 e. The van der Waals surface area contributed by atoms with Gasteiger partial charge in [-0.15, -0.1) is 0 Å². The maximum atomic E-state index is 13.8. The lowest BCUT2D eigenvalue weighted by molar-refractivity contribution is -0.138. The molecule has 6 nitrogen and oxygen atoms in total. The van der Waals surface area contributed by atoms with Crippen molar-refractivity contribution in [2.24, 2.45) is 0 Å². The van der Waals surface area contributed by atoms with Crippen molar-refractivity contribution in [2.45, 2.75) is 12.7 Å². The van der Waals surface area contributed by atoms with Crippen molar-refractivity contribution in [1.29, 1.82) is 0 Å². The number of aromatic nitrogens is 3. The fourth-order valence-corrected chi connectivity index (χ4v) is 4.16. The highest BCUT2D eigenvalue weighted by Gasteiger charge is 2.34. The summed E-state index contributed by atoms with van der Waals surface area (Å²) in [7, 11) is 2.03. The van der Waals surface area contributed by atoms with Crippen LogP contribution in [0.1, 0.15) is 22.3 Å². The number of hydrogen-bond donors (Lipinski definition) is 2. The van der Waals surface area contributed by atoms with Gasteiger partial charge in [0, 0.05) is 66.8 Å². The lowest BCUT2D eigenvalue weighted by Crippen LogP contribution is -2.44. The number of fused-ring (bicyclic) bond motifs is 1. The molecule has 0 radical (unpaired) electrons. The van der Waals surface area contributed by atoms with Gasteiger partial charge in [0.1, 0.15) is 0 Å². The second-order valence-corrected chi connectivity index (χ2v) is 8.93. The van der Waals surface area contributed by atoms with Crippen LogP contribution in [0.4, 0.5) is 24.5 Å². The van der Waals surface area contributed by atoms with Crippen molar-refractivity contribution in [1.82, 2.24) is 25.0 Å². The standard InChI is InChI=1S/C27H25F3N6/c1-35-10-12-36(13-11-35)18-21-6-9-24(15-25(21)27(28,29)30)33-23-7-4-19(5-8-23)2-3-20-14-22-17-32-34-26(22)31-16-20/h4-9,14-17,33H,10-13,18H2,1H3,(H,31,32,34). The topological polar surface area (TPSA) is 60.1 Å². The molecule has 0 atom stereocenters. The highest BCUT2D eigenvalue weighted by molar-refractivity contribution is 5.75. The van der Waals surface area contributed by atoms with E-state index >= 15 is 0 Å². The van der Waals surface area contributed by atoms with E-state index in [1.165, 1.54) is 6.07 Å². The van der Waals surface area contributed by atoms with Crippen molar-refractivity contribution in [3.63, 3.8) is 0 Å². The number of aromatic amines is 1. The Morgan fingerprint density at radius 1 is 0.917 bits per heavy atom. The zero-order valence-corrected chi connectivity index (χ0v) is 19.7. The normalized spacial score (nSPS) is 15.0. The first-order valence-electron chi connectivity index (χ1n) is 11.6. The van der Waals surface area contributed by atoms with Crippen LogP contribution in [0.5, 0.6) is 0 Å². The molecule has 0 spiro atoms. The van der Waals surface area contributed by atoms with Crippen LogP contribution in [0.3, 0.4) is 0 Å². The van der Waals surface area contributed by atoms with Crippen molar-refractivity contribution in [2.75, 3.05) is 38.5 Å². The molecule has 0 bridgehead atoms. The molecule has 36 heavy (non-hydrogen) atoms. The number of pyridine rings is 1. The van der Waals surface area contributed by atoms with Crippen LogP contribution in [-0.2, 0) is 12.7 Å². The van der Waals surface area contributed by atoms with E-state index in [0.29, 0.717) is 29.1 Å². The number of likely N-dealkylation sites (N-methyl/N-ethyl adjacent to an activating group) is 1.